The van der Waals surface area contributed by atoms with Crippen molar-refractivity contribution in [2.75, 3.05) is 11.9 Å². The summed E-state index contributed by atoms with van der Waals surface area (Å²) in [6.45, 7) is 0.384. The monoisotopic (exact) mass is 309 g/mol. The summed E-state index contributed by atoms with van der Waals surface area (Å²) in [6.07, 6.45) is 5.87. The Kier molecular flexibility index (Phi) is 4.21. The van der Waals surface area contributed by atoms with Crippen molar-refractivity contribution in [3.8, 4) is 0 Å². The largest absolute Gasteiger partial charge is 0.481 e. The van der Waals surface area contributed by atoms with Crippen LogP contribution in [0.4, 0.5) is 5.13 Å². The van der Waals surface area contributed by atoms with Gasteiger partial charge in [-0.2, -0.15) is 0 Å². The van der Waals surface area contributed by atoms with Crippen molar-refractivity contribution in [3.63, 3.8) is 0 Å². The number of thiazole rings is 1. The normalized spacial score (nSPS) is 28.5. The second-order valence-electron chi connectivity index (χ2n) is 5.88. The summed E-state index contributed by atoms with van der Waals surface area (Å²) in [6, 6.07) is 0.713. The molecule has 2 aliphatic rings. The number of anilines is 1. The molecular formula is C14H19N3O3S. The van der Waals surface area contributed by atoms with Crippen molar-refractivity contribution < 1.29 is 14.7 Å². The molecule has 1 amide bonds. The van der Waals surface area contributed by atoms with Crippen molar-refractivity contribution in [3.05, 3.63) is 11.6 Å². The van der Waals surface area contributed by atoms with Crippen LogP contribution in [0.3, 0.4) is 0 Å². The zero-order valence-electron chi connectivity index (χ0n) is 11.7. The smallest absolute Gasteiger partial charge is 0.303 e. The summed E-state index contributed by atoms with van der Waals surface area (Å²) in [5.41, 5.74) is 0. The number of rotatable bonds is 5. The van der Waals surface area contributed by atoms with Gasteiger partial charge in [0.2, 0.25) is 5.91 Å². The standard InChI is InChI=1S/C14H19N3O3S/c18-12(16-14-15-3-4-21-14)8-17-10-1-2-11(17)6-9(5-10)7-13(19)20/h3-4,9-11H,1-2,5-8H2,(H,19,20)(H,15,16,18). The number of amides is 1. The van der Waals surface area contributed by atoms with Gasteiger partial charge in [-0.1, -0.05) is 0 Å². The van der Waals surface area contributed by atoms with Crippen LogP contribution in [0.1, 0.15) is 32.1 Å². The number of aromatic nitrogens is 1. The van der Waals surface area contributed by atoms with E-state index in [0.717, 1.165) is 25.7 Å². The van der Waals surface area contributed by atoms with Gasteiger partial charge in [-0.05, 0) is 31.6 Å². The molecule has 0 spiro atoms. The van der Waals surface area contributed by atoms with Crippen LogP contribution in [0.25, 0.3) is 0 Å². The molecule has 3 heterocycles. The zero-order chi connectivity index (χ0) is 14.8. The molecule has 2 saturated heterocycles. The first-order valence-corrected chi connectivity index (χ1v) is 8.16. The van der Waals surface area contributed by atoms with Crippen molar-refractivity contribution in [2.45, 2.75) is 44.2 Å². The highest BCUT2D eigenvalue weighted by Crippen LogP contribution is 2.39. The maximum Gasteiger partial charge on any atom is 0.303 e. The summed E-state index contributed by atoms with van der Waals surface area (Å²) in [5, 5.41) is 14.2. The molecule has 7 heteroatoms. The zero-order valence-corrected chi connectivity index (χ0v) is 12.5. The quantitative estimate of drug-likeness (QED) is 0.866. The minimum absolute atomic E-state index is 0.0291. The summed E-state index contributed by atoms with van der Waals surface area (Å²) in [4.78, 5) is 29.2. The van der Waals surface area contributed by atoms with Crippen molar-refractivity contribution in [2.24, 2.45) is 5.92 Å². The van der Waals surface area contributed by atoms with Gasteiger partial charge in [0.1, 0.15) is 0 Å². The molecule has 2 N–H and O–H groups in total. The van der Waals surface area contributed by atoms with E-state index in [1.165, 1.54) is 11.3 Å². The van der Waals surface area contributed by atoms with Gasteiger partial charge in [0, 0.05) is 30.1 Å². The fourth-order valence-corrected chi connectivity index (χ4v) is 4.21. The number of carbonyl (C=O) groups is 2. The van der Waals surface area contributed by atoms with Gasteiger partial charge < -0.3 is 10.4 Å². The lowest BCUT2D eigenvalue weighted by atomic mass is 9.88. The lowest BCUT2D eigenvalue weighted by Gasteiger charge is -2.38. The third kappa shape index (κ3) is 3.41. The summed E-state index contributed by atoms with van der Waals surface area (Å²) in [5.74, 6) is -0.480. The topological polar surface area (TPSA) is 82.5 Å². The highest BCUT2D eigenvalue weighted by atomic mass is 32.1. The number of fused-ring (bicyclic) bond motifs is 2. The number of hydrogen-bond acceptors (Lipinski definition) is 5. The number of nitrogens with one attached hydrogen (secondary N) is 1. The fraction of sp³-hybridized carbons (Fsp3) is 0.643. The SMILES string of the molecule is O=C(O)CC1CC2CCC(C1)N2CC(=O)Nc1nccs1. The van der Waals surface area contributed by atoms with Gasteiger partial charge >= 0.3 is 5.97 Å². The predicted molar refractivity (Wildman–Crippen MR) is 79.2 cm³/mol. The van der Waals surface area contributed by atoms with Crippen LogP contribution in [0.15, 0.2) is 11.6 Å². The molecule has 3 rings (SSSR count). The van der Waals surface area contributed by atoms with Gasteiger partial charge in [-0.3, -0.25) is 14.5 Å². The molecule has 2 fully saturated rings. The van der Waals surface area contributed by atoms with Crippen molar-refractivity contribution >= 4 is 28.3 Å². The average molecular weight is 309 g/mol. The van der Waals surface area contributed by atoms with Gasteiger partial charge in [-0.15, -0.1) is 11.3 Å². The van der Waals surface area contributed by atoms with Crippen LogP contribution in [0.2, 0.25) is 0 Å². The molecule has 114 valence electrons. The average Bonchev–Trinajstić information content (AvgIpc) is 2.97. The molecule has 0 saturated carbocycles. The van der Waals surface area contributed by atoms with E-state index in [1.807, 2.05) is 5.38 Å². The second kappa shape index (κ2) is 6.11. The Labute approximate surface area is 127 Å². The molecule has 0 radical (unpaired) electrons. The molecule has 0 aliphatic carbocycles. The summed E-state index contributed by atoms with van der Waals surface area (Å²) >= 11 is 1.41. The highest BCUT2D eigenvalue weighted by molar-refractivity contribution is 7.13. The van der Waals surface area contributed by atoms with E-state index in [4.69, 9.17) is 5.11 Å². The fourth-order valence-electron chi connectivity index (χ4n) is 3.67. The Bertz CT molecular complexity index is 506. The molecule has 2 unspecified atom stereocenters. The van der Waals surface area contributed by atoms with E-state index in [0.29, 0.717) is 23.8 Å². The molecule has 0 aromatic carbocycles. The van der Waals surface area contributed by atoms with Crippen LogP contribution >= 0.6 is 11.3 Å². The molecular weight excluding hydrogens is 290 g/mol. The highest BCUT2D eigenvalue weighted by Gasteiger charge is 2.41. The van der Waals surface area contributed by atoms with Crippen molar-refractivity contribution in [1.82, 2.24) is 9.88 Å². The third-order valence-electron chi connectivity index (χ3n) is 4.45. The number of carbonyl (C=O) groups excluding carboxylic acids is 1. The lowest BCUT2D eigenvalue weighted by molar-refractivity contribution is -0.139. The molecule has 1 aromatic rings. The third-order valence-corrected chi connectivity index (χ3v) is 5.14. The van der Waals surface area contributed by atoms with E-state index >= 15 is 0 Å². The Balaban J connectivity index is 1.55. The number of carboxylic acids is 1. The Morgan fingerprint density at radius 3 is 2.67 bits per heavy atom. The maximum atomic E-state index is 12.1. The molecule has 2 aliphatic heterocycles. The van der Waals surface area contributed by atoms with Gasteiger partial charge in [-0.25, -0.2) is 4.98 Å². The molecule has 2 atom stereocenters. The first kappa shape index (κ1) is 14.5. The van der Waals surface area contributed by atoms with Gasteiger partial charge in [0.05, 0.1) is 6.54 Å². The molecule has 1 aromatic heterocycles. The molecule has 6 nitrogen and oxygen atoms in total. The number of hydrogen-bond donors (Lipinski definition) is 2. The predicted octanol–water partition coefficient (Wildman–Crippen LogP) is 1.80. The Morgan fingerprint density at radius 1 is 1.38 bits per heavy atom. The van der Waals surface area contributed by atoms with E-state index in [-0.39, 0.29) is 18.2 Å². The van der Waals surface area contributed by atoms with E-state index < -0.39 is 5.97 Å². The second-order valence-corrected chi connectivity index (χ2v) is 6.77. The van der Waals surface area contributed by atoms with Crippen molar-refractivity contribution in [1.29, 1.82) is 0 Å². The van der Waals surface area contributed by atoms with Gasteiger partial charge in [0.15, 0.2) is 5.13 Å². The van der Waals surface area contributed by atoms with Crippen LogP contribution in [0.5, 0.6) is 0 Å². The van der Waals surface area contributed by atoms with Crippen LogP contribution in [0, 0.1) is 5.92 Å². The van der Waals surface area contributed by atoms with E-state index in [2.05, 4.69) is 15.2 Å². The van der Waals surface area contributed by atoms with Crippen LogP contribution < -0.4 is 5.32 Å². The Morgan fingerprint density at radius 2 is 2.10 bits per heavy atom. The first-order chi connectivity index (χ1) is 10.1. The minimum atomic E-state index is -0.714. The first-order valence-electron chi connectivity index (χ1n) is 7.28. The van der Waals surface area contributed by atoms with E-state index in [9.17, 15) is 9.59 Å². The minimum Gasteiger partial charge on any atom is -0.481 e. The van der Waals surface area contributed by atoms with E-state index in [1.54, 1.807) is 6.20 Å². The number of piperidine rings is 1. The summed E-state index contributed by atoms with van der Waals surface area (Å²) in [7, 11) is 0. The number of nitrogens with zero attached hydrogens (tertiary/aromatic N) is 2. The van der Waals surface area contributed by atoms with Gasteiger partial charge in [0.25, 0.3) is 0 Å². The number of carboxylic acid groups (broad SMARTS) is 1. The molecule has 2 bridgehead atoms. The van der Waals surface area contributed by atoms with Crippen LogP contribution in [-0.2, 0) is 9.59 Å². The van der Waals surface area contributed by atoms with Crippen LogP contribution in [-0.4, -0.2) is 45.5 Å². The maximum absolute atomic E-state index is 12.1. The number of aliphatic carboxylic acids is 1. The lowest BCUT2D eigenvalue weighted by Crippen LogP contribution is -2.46. The Hall–Kier alpha value is -1.47. The summed E-state index contributed by atoms with van der Waals surface area (Å²) < 4.78 is 0. The molecule has 21 heavy (non-hydrogen) atoms.